The van der Waals surface area contributed by atoms with Crippen molar-refractivity contribution in [2.45, 2.75) is 43.7 Å². The van der Waals surface area contributed by atoms with Crippen molar-refractivity contribution in [3.63, 3.8) is 0 Å². The maximum absolute atomic E-state index is 12.9. The summed E-state index contributed by atoms with van der Waals surface area (Å²) in [6, 6.07) is 11.7. The molecule has 1 aromatic carbocycles. The molecule has 0 spiro atoms. The Balaban J connectivity index is 1.66. The fourth-order valence-corrected chi connectivity index (χ4v) is 4.56. The van der Waals surface area contributed by atoms with Crippen LogP contribution in [0.2, 0.25) is 0 Å². The van der Waals surface area contributed by atoms with Crippen LogP contribution in [0.5, 0.6) is 0 Å². The smallest absolute Gasteiger partial charge is 0.291 e. The highest BCUT2D eigenvalue weighted by Gasteiger charge is 2.50. The number of carbonyl (C=O) groups excluding carboxylic acids is 1. The minimum atomic E-state index is -0.860. The summed E-state index contributed by atoms with van der Waals surface area (Å²) in [6.45, 7) is 0.531. The zero-order valence-electron chi connectivity index (χ0n) is 14.2. The highest BCUT2D eigenvalue weighted by molar-refractivity contribution is 5.90. The van der Waals surface area contributed by atoms with Gasteiger partial charge in [-0.05, 0) is 30.9 Å². The van der Waals surface area contributed by atoms with E-state index in [-0.39, 0.29) is 23.7 Å². The van der Waals surface area contributed by atoms with Gasteiger partial charge in [0.2, 0.25) is 5.82 Å². The quantitative estimate of drug-likeness (QED) is 0.915. The lowest BCUT2D eigenvalue weighted by Gasteiger charge is -2.52. The number of nitrogens with zero attached hydrogens (tertiary/aromatic N) is 3. The van der Waals surface area contributed by atoms with Gasteiger partial charge in [0.25, 0.3) is 5.91 Å². The number of aromatic nitrogens is 2. The van der Waals surface area contributed by atoms with Gasteiger partial charge in [-0.15, -0.1) is 0 Å². The van der Waals surface area contributed by atoms with Crippen molar-refractivity contribution < 1.29 is 9.90 Å². The van der Waals surface area contributed by atoms with Crippen molar-refractivity contribution >= 4 is 5.91 Å². The summed E-state index contributed by atoms with van der Waals surface area (Å²) in [5.74, 6) is 0.189. The first kappa shape index (κ1) is 16.2. The largest absolute Gasteiger partial charge is 0.385 e. The van der Waals surface area contributed by atoms with Crippen LogP contribution in [0, 0.1) is 5.92 Å². The molecule has 2 aromatic rings. The Morgan fingerprint density at radius 1 is 1.08 bits per heavy atom. The normalized spacial score (nSPS) is 29.1. The molecule has 1 saturated carbocycles. The minimum Gasteiger partial charge on any atom is -0.385 e. The first-order valence-electron chi connectivity index (χ1n) is 9.06. The second-order valence-electron chi connectivity index (χ2n) is 7.07. The summed E-state index contributed by atoms with van der Waals surface area (Å²) in [6.07, 6.45) is 7.81. The molecule has 2 aliphatic rings. The Morgan fingerprint density at radius 2 is 1.80 bits per heavy atom. The van der Waals surface area contributed by atoms with Crippen LogP contribution in [0.25, 0.3) is 0 Å². The Kier molecular flexibility index (Phi) is 4.25. The Bertz CT molecular complexity index is 737. The van der Waals surface area contributed by atoms with Crippen molar-refractivity contribution in [1.29, 1.82) is 0 Å². The molecule has 3 atom stereocenters. The number of fused-ring (bicyclic) bond motifs is 1. The van der Waals surface area contributed by atoms with E-state index >= 15 is 0 Å². The average Bonchev–Trinajstić information content (AvgIpc) is 2.69. The second-order valence-corrected chi connectivity index (χ2v) is 7.07. The van der Waals surface area contributed by atoms with Crippen LogP contribution in [-0.2, 0) is 5.60 Å². The molecule has 1 aliphatic carbocycles. The van der Waals surface area contributed by atoms with Gasteiger partial charge < -0.3 is 10.0 Å². The van der Waals surface area contributed by atoms with Crippen molar-refractivity contribution in [3.05, 3.63) is 60.2 Å². The van der Waals surface area contributed by atoms with Gasteiger partial charge in [-0.25, -0.2) is 9.97 Å². The summed E-state index contributed by atoms with van der Waals surface area (Å²) < 4.78 is 0. The number of piperidine rings is 1. The van der Waals surface area contributed by atoms with E-state index in [2.05, 4.69) is 9.97 Å². The lowest BCUT2D eigenvalue weighted by atomic mass is 9.66. The third kappa shape index (κ3) is 2.82. The highest BCUT2D eigenvalue weighted by atomic mass is 16.3. The summed E-state index contributed by atoms with van der Waals surface area (Å²) >= 11 is 0. The summed E-state index contributed by atoms with van der Waals surface area (Å²) in [5.41, 5.74) is 0.107. The van der Waals surface area contributed by atoms with Gasteiger partial charge in [0.1, 0.15) is 0 Å². The lowest BCUT2D eigenvalue weighted by Crippen LogP contribution is -2.59. The summed E-state index contributed by atoms with van der Waals surface area (Å²) in [5, 5.41) is 11.5. The van der Waals surface area contributed by atoms with Gasteiger partial charge in [-0.2, -0.15) is 0 Å². The maximum Gasteiger partial charge on any atom is 0.291 e. The van der Waals surface area contributed by atoms with Gasteiger partial charge in [0.05, 0.1) is 5.60 Å². The van der Waals surface area contributed by atoms with E-state index in [1.165, 1.54) is 0 Å². The van der Waals surface area contributed by atoms with E-state index in [0.29, 0.717) is 13.0 Å². The topological polar surface area (TPSA) is 66.3 Å². The highest BCUT2D eigenvalue weighted by Crippen LogP contribution is 2.47. The number of rotatable bonds is 2. The number of likely N-dealkylation sites (tertiary alicyclic amines) is 1. The van der Waals surface area contributed by atoms with Crippen LogP contribution in [0.1, 0.15) is 48.3 Å². The number of hydrogen-bond donors (Lipinski definition) is 1. The zero-order valence-corrected chi connectivity index (χ0v) is 14.2. The number of carbonyl (C=O) groups is 1. The van der Waals surface area contributed by atoms with Crippen LogP contribution < -0.4 is 0 Å². The second kappa shape index (κ2) is 6.56. The van der Waals surface area contributed by atoms with Crippen LogP contribution in [0.4, 0.5) is 0 Å². The molecular formula is C20H23N3O2. The molecule has 0 radical (unpaired) electrons. The zero-order chi connectivity index (χ0) is 17.3. The Morgan fingerprint density at radius 3 is 2.56 bits per heavy atom. The van der Waals surface area contributed by atoms with Crippen molar-refractivity contribution in [2.24, 2.45) is 5.92 Å². The average molecular weight is 337 g/mol. The van der Waals surface area contributed by atoms with E-state index < -0.39 is 5.60 Å². The molecule has 25 heavy (non-hydrogen) atoms. The van der Waals surface area contributed by atoms with Gasteiger partial charge in [-0.3, -0.25) is 4.79 Å². The number of amides is 1. The van der Waals surface area contributed by atoms with Crippen LogP contribution in [-0.4, -0.2) is 38.5 Å². The van der Waals surface area contributed by atoms with Crippen LogP contribution in [0.3, 0.4) is 0 Å². The van der Waals surface area contributed by atoms with Crippen molar-refractivity contribution in [1.82, 2.24) is 14.9 Å². The van der Waals surface area contributed by atoms with Crippen LogP contribution >= 0.6 is 0 Å². The van der Waals surface area contributed by atoms with E-state index in [4.69, 9.17) is 0 Å². The summed E-state index contributed by atoms with van der Waals surface area (Å²) in [7, 11) is 0. The SMILES string of the molecule is O=C(c1ncccn1)N1CCC(O)(c2ccccc2)[C@@H]2CCCC[C@@H]21. The molecule has 130 valence electrons. The van der Waals surface area contributed by atoms with Gasteiger partial charge in [0.15, 0.2) is 0 Å². The van der Waals surface area contributed by atoms with Crippen molar-refractivity contribution in [2.75, 3.05) is 6.54 Å². The maximum atomic E-state index is 12.9. The summed E-state index contributed by atoms with van der Waals surface area (Å²) in [4.78, 5) is 23.1. The number of benzene rings is 1. The third-order valence-corrected chi connectivity index (χ3v) is 5.77. The van der Waals surface area contributed by atoms with Gasteiger partial charge in [-0.1, -0.05) is 43.2 Å². The van der Waals surface area contributed by atoms with Gasteiger partial charge in [0, 0.05) is 30.9 Å². The molecule has 1 aliphatic heterocycles. The van der Waals surface area contributed by atoms with E-state index in [1.807, 2.05) is 35.2 Å². The molecule has 1 saturated heterocycles. The lowest BCUT2D eigenvalue weighted by molar-refractivity contribution is -0.110. The fraction of sp³-hybridized carbons (Fsp3) is 0.450. The molecule has 2 heterocycles. The Hall–Kier alpha value is -2.27. The molecule has 5 nitrogen and oxygen atoms in total. The fourth-order valence-electron chi connectivity index (χ4n) is 4.56. The van der Waals surface area contributed by atoms with Crippen LogP contribution in [0.15, 0.2) is 48.8 Å². The molecular weight excluding hydrogens is 314 g/mol. The van der Waals surface area contributed by atoms with E-state index in [9.17, 15) is 9.90 Å². The van der Waals surface area contributed by atoms with E-state index in [0.717, 1.165) is 31.2 Å². The molecule has 1 aromatic heterocycles. The molecule has 4 rings (SSSR count). The third-order valence-electron chi connectivity index (χ3n) is 5.77. The molecule has 5 heteroatoms. The minimum absolute atomic E-state index is 0.0454. The number of aliphatic hydroxyl groups is 1. The van der Waals surface area contributed by atoms with E-state index in [1.54, 1.807) is 18.5 Å². The Labute approximate surface area is 147 Å². The standard InChI is InChI=1S/C20H23N3O2/c24-19(18-21-12-6-13-22-18)23-14-11-20(25,15-7-2-1-3-8-15)16-9-4-5-10-17(16)23/h1-3,6-8,12-13,16-17,25H,4-5,9-11,14H2/t16-,17+,20?/m1/s1. The molecule has 1 unspecified atom stereocenters. The monoisotopic (exact) mass is 337 g/mol. The van der Waals surface area contributed by atoms with Crippen molar-refractivity contribution in [3.8, 4) is 0 Å². The molecule has 1 N–H and O–H groups in total. The molecule has 2 fully saturated rings. The first-order chi connectivity index (χ1) is 12.2. The predicted molar refractivity (Wildman–Crippen MR) is 93.8 cm³/mol. The molecule has 1 amide bonds. The predicted octanol–water partition coefficient (Wildman–Crippen LogP) is 2.77. The number of hydrogen-bond acceptors (Lipinski definition) is 4. The molecule has 0 bridgehead atoms. The van der Waals surface area contributed by atoms with Gasteiger partial charge >= 0.3 is 0 Å². The first-order valence-corrected chi connectivity index (χ1v) is 9.06.